The molecule has 1 saturated heterocycles. The van der Waals surface area contributed by atoms with E-state index < -0.39 is 0 Å². The van der Waals surface area contributed by atoms with Gasteiger partial charge in [-0.25, -0.2) is 0 Å². The van der Waals surface area contributed by atoms with Crippen molar-refractivity contribution in [3.05, 3.63) is 34.1 Å². The van der Waals surface area contributed by atoms with Gasteiger partial charge in [-0.15, -0.1) is 0 Å². The van der Waals surface area contributed by atoms with Gasteiger partial charge in [0.1, 0.15) is 0 Å². The molecule has 1 fully saturated rings. The number of carbonyl (C=O) groups is 1. The Morgan fingerprint density at radius 2 is 1.89 bits per heavy atom. The summed E-state index contributed by atoms with van der Waals surface area (Å²) in [6, 6.07) is 5.35. The predicted molar refractivity (Wildman–Crippen MR) is 106 cm³/mol. The number of aryl methyl sites for hydroxylation is 1. The Kier molecular flexibility index (Phi) is 6.89. The number of carbonyl (C=O) groups excluding carboxylic acids is 1. The normalized spacial score (nSPS) is 14.8. The molecule has 152 valence electrons. The summed E-state index contributed by atoms with van der Waals surface area (Å²) in [4.78, 5) is 29.6. The molecule has 1 aromatic carbocycles. The van der Waals surface area contributed by atoms with E-state index in [1.54, 1.807) is 26.4 Å². The van der Waals surface area contributed by atoms with E-state index in [2.05, 4.69) is 15.2 Å². The predicted octanol–water partition coefficient (Wildman–Crippen LogP) is 0.926. The van der Waals surface area contributed by atoms with Crippen LogP contribution < -0.4 is 20.3 Å². The second-order valence-corrected chi connectivity index (χ2v) is 6.72. The number of hydrogen-bond acceptors (Lipinski definition) is 6. The molecule has 28 heavy (non-hydrogen) atoms. The summed E-state index contributed by atoms with van der Waals surface area (Å²) in [5.41, 5.74) is 1.05. The molecule has 0 spiro atoms. The minimum Gasteiger partial charge on any atom is -0.493 e. The number of benzene rings is 1. The molecule has 1 aliphatic rings. The Hall–Kier alpha value is -2.58. The quantitative estimate of drug-likeness (QED) is 0.698. The van der Waals surface area contributed by atoms with Crippen molar-refractivity contribution < 1.29 is 19.0 Å². The van der Waals surface area contributed by atoms with E-state index >= 15 is 0 Å². The number of rotatable bonds is 8. The number of methoxy groups -OCH3 is 2. The van der Waals surface area contributed by atoms with Crippen LogP contribution in [-0.2, 0) is 16.0 Å². The molecule has 1 aliphatic heterocycles. The molecule has 0 bridgehead atoms. The second-order valence-electron chi connectivity index (χ2n) is 6.72. The Labute approximate surface area is 163 Å². The van der Waals surface area contributed by atoms with Crippen molar-refractivity contribution >= 4 is 16.8 Å². The Balaban J connectivity index is 1.58. The first-order valence-electron chi connectivity index (χ1n) is 9.45. The summed E-state index contributed by atoms with van der Waals surface area (Å²) < 4.78 is 15.9. The summed E-state index contributed by atoms with van der Waals surface area (Å²) in [6.45, 7) is 4.70. The second kappa shape index (κ2) is 9.57. The third-order valence-electron chi connectivity index (χ3n) is 4.90. The fraction of sp³-hybridized carbons (Fsp3) is 0.500. The van der Waals surface area contributed by atoms with Gasteiger partial charge in [-0.05, 0) is 18.6 Å². The molecular weight excluding hydrogens is 362 g/mol. The summed E-state index contributed by atoms with van der Waals surface area (Å²) in [6.07, 6.45) is 0.647. The van der Waals surface area contributed by atoms with E-state index in [9.17, 15) is 9.59 Å². The number of nitrogens with one attached hydrogen (secondary N) is 2. The molecule has 2 aromatic rings. The number of amides is 1. The largest absolute Gasteiger partial charge is 0.493 e. The molecule has 8 nitrogen and oxygen atoms in total. The highest BCUT2D eigenvalue weighted by molar-refractivity contribution is 5.83. The molecule has 8 heteroatoms. The number of ether oxygens (including phenoxy) is 3. The molecule has 0 radical (unpaired) electrons. The van der Waals surface area contributed by atoms with Gasteiger partial charge in [-0.2, -0.15) is 0 Å². The van der Waals surface area contributed by atoms with Crippen molar-refractivity contribution in [3.63, 3.8) is 0 Å². The molecule has 3 rings (SSSR count). The van der Waals surface area contributed by atoms with Crippen LogP contribution in [-0.4, -0.2) is 69.4 Å². The van der Waals surface area contributed by atoms with Crippen molar-refractivity contribution in [3.8, 4) is 11.5 Å². The van der Waals surface area contributed by atoms with Crippen LogP contribution in [0.2, 0.25) is 0 Å². The monoisotopic (exact) mass is 389 g/mol. The summed E-state index contributed by atoms with van der Waals surface area (Å²) in [7, 11) is 3.12. The maximum Gasteiger partial charge on any atom is 0.251 e. The number of aromatic nitrogens is 1. The SMILES string of the molecule is COc1cc2cc(CCC(=O)NCCN3CCOCC3)c(=O)[nH]c2cc1OC. The minimum absolute atomic E-state index is 0.0555. The van der Waals surface area contributed by atoms with Crippen molar-refractivity contribution in [1.29, 1.82) is 0 Å². The van der Waals surface area contributed by atoms with Gasteiger partial charge in [0, 0.05) is 49.6 Å². The van der Waals surface area contributed by atoms with Crippen LogP contribution in [0, 0.1) is 0 Å². The molecule has 0 aliphatic carbocycles. The van der Waals surface area contributed by atoms with E-state index in [1.807, 2.05) is 6.07 Å². The number of morpholine rings is 1. The van der Waals surface area contributed by atoms with E-state index in [-0.39, 0.29) is 17.9 Å². The van der Waals surface area contributed by atoms with Crippen LogP contribution >= 0.6 is 0 Å². The lowest BCUT2D eigenvalue weighted by molar-refractivity contribution is -0.121. The molecule has 1 aromatic heterocycles. The van der Waals surface area contributed by atoms with Gasteiger partial charge in [-0.1, -0.05) is 0 Å². The minimum atomic E-state index is -0.194. The molecule has 0 atom stereocenters. The smallest absolute Gasteiger partial charge is 0.251 e. The molecule has 0 unspecified atom stereocenters. The van der Waals surface area contributed by atoms with E-state index in [0.717, 1.165) is 38.2 Å². The molecular formula is C20H27N3O5. The fourth-order valence-electron chi connectivity index (χ4n) is 3.28. The van der Waals surface area contributed by atoms with E-state index in [1.165, 1.54) is 0 Å². The zero-order valence-corrected chi connectivity index (χ0v) is 16.4. The number of fused-ring (bicyclic) bond motifs is 1. The highest BCUT2D eigenvalue weighted by Gasteiger charge is 2.12. The Morgan fingerprint density at radius 1 is 1.18 bits per heavy atom. The van der Waals surface area contributed by atoms with Gasteiger partial charge < -0.3 is 24.5 Å². The number of hydrogen-bond donors (Lipinski definition) is 2. The fourth-order valence-corrected chi connectivity index (χ4v) is 3.28. The number of aromatic amines is 1. The van der Waals surface area contributed by atoms with Crippen molar-refractivity contribution in [2.45, 2.75) is 12.8 Å². The molecule has 2 N–H and O–H groups in total. The average molecular weight is 389 g/mol. The third-order valence-corrected chi connectivity index (χ3v) is 4.90. The van der Waals surface area contributed by atoms with E-state index in [4.69, 9.17) is 14.2 Å². The van der Waals surface area contributed by atoms with Crippen molar-refractivity contribution in [2.24, 2.45) is 0 Å². The van der Waals surface area contributed by atoms with Gasteiger partial charge >= 0.3 is 0 Å². The van der Waals surface area contributed by atoms with Crippen LogP contribution in [0.15, 0.2) is 23.0 Å². The van der Waals surface area contributed by atoms with Crippen LogP contribution in [0.5, 0.6) is 11.5 Å². The summed E-state index contributed by atoms with van der Waals surface area (Å²) in [5, 5.41) is 3.75. The summed E-state index contributed by atoms with van der Waals surface area (Å²) >= 11 is 0. The van der Waals surface area contributed by atoms with Crippen LogP contribution in [0.4, 0.5) is 0 Å². The van der Waals surface area contributed by atoms with Gasteiger partial charge in [0.25, 0.3) is 5.56 Å². The first-order chi connectivity index (χ1) is 13.6. The number of pyridine rings is 1. The van der Waals surface area contributed by atoms with Crippen LogP contribution in [0.25, 0.3) is 10.9 Å². The molecule has 1 amide bonds. The lowest BCUT2D eigenvalue weighted by Crippen LogP contribution is -2.41. The van der Waals surface area contributed by atoms with Crippen molar-refractivity contribution in [1.82, 2.24) is 15.2 Å². The molecule has 2 heterocycles. The summed E-state index contributed by atoms with van der Waals surface area (Å²) in [5.74, 6) is 1.09. The lowest BCUT2D eigenvalue weighted by Gasteiger charge is -2.26. The highest BCUT2D eigenvalue weighted by Crippen LogP contribution is 2.31. The number of H-pyrrole nitrogens is 1. The van der Waals surface area contributed by atoms with Crippen LogP contribution in [0.1, 0.15) is 12.0 Å². The standard InChI is InChI=1S/C20H27N3O5/c1-26-17-12-15-11-14(20(25)22-16(15)13-18(17)27-2)3-4-19(24)21-5-6-23-7-9-28-10-8-23/h11-13H,3-10H2,1-2H3,(H,21,24)(H,22,25). The highest BCUT2D eigenvalue weighted by atomic mass is 16.5. The van der Waals surface area contributed by atoms with Gasteiger partial charge in [-0.3, -0.25) is 14.5 Å². The van der Waals surface area contributed by atoms with E-state index in [0.29, 0.717) is 35.5 Å². The first kappa shape index (κ1) is 20.2. The topological polar surface area (TPSA) is 92.9 Å². The first-order valence-corrected chi connectivity index (χ1v) is 9.45. The van der Waals surface area contributed by atoms with Gasteiger partial charge in [0.2, 0.25) is 5.91 Å². The van der Waals surface area contributed by atoms with Crippen molar-refractivity contribution in [2.75, 3.05) is 53.6 Å². The molecule has 0 saturated carbocycles. The third kappa shape index (κ3) is 5.02. The lowest BCUT2D eigenvalue weighted by atomic mass is 10.1. The maximum absolute atomic E-state index is 12.3. The zero-order chi connectivity index (χ0) is 19.9. The van der Waals surface area contributed by atoms with Crippen LogP contribution in [0.3, 0.4) is 0 Å². The zero-order valence-electron chi connectivity index (χ0n) is 16.4. The Morgan fingerprint density at radius 3 is 2.61 bits per heavy atom. The van der Waals surface area contributed by atoms with Gasteiger partial charge in [0.15, 0.2) is 11.5 Å². The maximum atomic E-state index is 12.3. The average Bonchev–Trinajstić information content (AvgIpc) is 2.72. The number of nitrogens with zero attached hydrogens (tertiary/aromatic N) is 1. The Bertz CT molecular complexity index is 874. The van der Waals surface area contributed by atoms with Gasteiger partial charge in [0.05, 0.1) is 33.0 Å².